The molecule has 20 heavy (non-hydrogen) atoms. The van der Waals surface area contributed by atoms with E-state index in [1.165, 1.54) is 5.56 Å². The van der Waals surface area contributed by atoms with Gasteiger partial charge in [-0.05, 0) is 24.6 Å². The van der Waals surface area contributed by atoms with Crippen LogP contribution < -0.4 is 5.32 Å². The molecule has 2 heterocycles. The summed E-state index contributed by atoms with van der Waals surface area (Å²) < 4.78 is 1.81. The number of hydrogen-bond acceptors (Lipinski definition) is 3. The number of H-pyrrole nitrogens is 1. The van der Waals surface area contributed by atoms with Crippen molar-refractivity contribution < 1.29 is 0 Å². The Hall–Kier alpha value is -2.56. The zero-order valence-corrected chi connectivity index (χ0v) is 11.5. The second kappa shape index (κ2) is 5.21. The van der Waals surface area contributed by atoms with Gasteiger partial charge < -0.3 is 10.3 Å². The van der Waals surface area contributed by atoms with E-state index in [4.69, 9.17) is 0 Å². The number of rotatable bonds is 4. The molecule has 0 aliphatic rings. The summed E-state index contributed by atoms with van der Waals surface area (Å²) in [6.45, 7) is 2.12. The van der Waals surface area contributed by atoms with E-state index >= 15 is 0 Å². The zero-order valence-electron chi connectivity index (χ0n) is 11.5. The Bertz CT molecular complexity index is 667. The summed E-state index contributed by atoms with van der Waals surface area (Å²) in [6, 6.07) is 8.52. The zero-order chi connectivity index (χ0) is 13.9. The molecule has 1 unspecified atom stereocenters. The van der Waals surface area contributed by atoms with Gasteiger partial charge in [0.2, 0.25) is 0 Å². The first kappa shape index (κ1) is 12.5. The van der Waals surface area contributed by atoms with Gasteiger partial charge in [-0.3, -0.25) is 4.68 Å². The van der Waals surface area contributed by atoms with Crippen LogP contribution in [-0.4, -0.2) is 19.7 Å². The fourth-order valence-electron chi connectivity index (χ4n) is 2.16. The summed E-state index contributed by atoms with van der Waals surface area (Å²) in [7, 11) is 1.93. The van der Waals surface area contributed by atoms with Gasteiger partial charge >= 0.3 is 0 Å². The molecule has 3 aromatic rings. The quantitative estimate of drug-likeness (QED) is 0.764. The van der Waals surface area contributed by atoms with E-state index in [9.17, 15) is 0 Å². The van der Waals surface area contributed by atoms with Gasteiger partial charge in [0, 0.05) is 24.5 Å². The second-order valence-electron chi connectivity index (χ2n) is 4.86. The third-order valence-corrected chi connectivity index (χ3v) is 3.30. The Kier molecular flexibility index (Phi) is 3.25. The van der Waals surface area contributed by atoms with E-state index < -0.39 is 0 Å². The first-order chi connectivity index (χ1) is 9.72. The van der Waals surface area contributed by atoms with E-state index in [-0.39, 0.29) is 6.04 Å². The Balaban J connectivity index is 1.72. The fourth-order valence-corrected chi connectivity index (χ4v) is 2.16. The molecule has 5 heteroatoms. The van der Waals surface area contributed by atoms with E-state index in [1.54, 1.807) is 6.33 Å². The van der Waals surface area contributed by atoms with Crippen molar-refractivity contribution in [1.29, 1.82) is 0 Å². The van der Waals surface area contributed by atoms with Gasteiger partial charge in [-0.1, -0.05) is 12.1 Å². The molecule has 3 rings (SSSR count). The second-order valence-corrected chi connectivity index (χ2v) is 4.86. The van der Waals surface area contributed by atoms with Gasteiger partial charge in [0.15, 0.2) is 0 Å². The highest BCUT2D eigenvalue weighted by atomic mass is 15.2. The number of benzene rings is 1. The van der Waals surface area contributed by atoms with Crippen LogP contribution in [0.2, 0.25) is 0 Å². The number of imidazole rings is 1. The molecule has 1 aromatic carbocycles. The minimum Gasteiger partial charge on any atom is -0.378 e. The summed E-state index contributed by atoms with van der Waals surface area (Å²) in [5.74, 6) is 0. The van der Waals surface area contributed by atoms with E-state index in [0.29, 0.717) is 0 Å². The van der Waals surface area contributed by atoms with Crippen molar-refractivity contribution in [3.63, 3.8) is 0 Å². The lowest BCUT2D eigenvalue weighted by atomic mass is 10.1. The minimum absolute atomic E-state index is 0.224. The average molecular weight is 267 g/mol. The highest BCUT2D eigenvalue weighted by Crippen LogP contribution is 2.22. The van der Waals surface area contributed by atoms with E-state index in [2.05, 4.69) is 51.6 Å². The Morgan fingerprint density at radius 1 is 1.20 bits per heavy atom. The van der Waals surface area contributed by atoms with Gasteiger partial charge in [0.05, 0.1) is 30.5 Å². The lowest BCUT2D eigenvalue weighted by molar-refractivity contribution is 0.765. The fraction of sp³-hybridized carbons (Fsp3) is 0.200. The highest BCUT2D eigenvalue weighted by Gasteiger charge is 2.07. The predicted molar refractivity (Wildman–Crippen MR) is 79.3 cm³/mol. The maximum absolute atomic E-state index is 4.19. The number of hydrogen-bond donors (Lipinski definition) is 2. The van der Waals surface area contributed by atoms with Crippen LogP contribution >= 0.6 is 0 Å². The monoisotopic (exact) mass is 267 g/mol. The number of nitrogens with one attached hydrogen (secondary N) is 2. The molecule has 0 spiro atoms. The van der Waals surface area contributed by atoms with Crippen molar-refractivity contribution in [2.75, 3.05) is 5.32 Å². The van der Waals surface area contributed by atoms with E-state index in [1.807, 2.05) is 30.3 Å². The molecule has 0 aliphatic heterocycles. The van der Waals surface area contributed by atoms with Crippen molar-refractivity contribution in [2.45, 2.75) is 13.0 Å². The van der Waals surface area contributed by atoms with Crippen LogP contribution in [0, 0.1) is 0 Å². The van der Waals surface area contributed by atoms with Crippen molar-refractivity contribution in [3.05, 3.63) is 54.7 Å². The Morgan fingerprint density at radius 2 is 2.00 bits per heavy atom. The Labute approximate surface area is 117 Å². The molecule has 0 saturated heterocycles. The molecule has 2 N–H and O–H groups in total. The summed E-state index contributed by atoms with van der Waals surface area (Å²) in [6.07, 6.45) is 7.42. The molecule has 1 atom stereocenters. The molecule has 0 saturated carbocycles. The third-order valence-electron chi connectivity index (χ3n) is 3.30. The molecule has 0 bridgehead atoms. The summed E-state index contributed by atoms with van der Waals surface area (Å²) in [4.78, 5) is 7.13. The number of aromatic amines is 1. The van der Waals surface area contributed by atoms with Crippen molar-refractivity contribution in [2.24, 2.45) is 7.05 Å². The van der Waals surface area contributed by atoms with Crippen LogP contribution in [0.4, 0.5) is 5.69 Å². The molecule has 5 nitrogen and oxygen atoms in total. The average Bonchev–Trinajstić information content (AvgIpc) is 3.10. The summed E-state index contributed by atoms with van der Waals surface area (Å²) in [5, 5.41) is 7.66. The highest BCUT2D eigenvalue weighted by molar-refractivity contribution is 5.62. The van der Waals surface area contributed by atoms with Crippen LogP contribution in [0.25, 0.3) is 11.3 Å². The predicted octanol–water partition coefficient (Wildman–Crippen LogP) is 2.98. The largest absolute Gasteiger partial charge is 0.378 e. The number of aryl methyl sites for hydroxylation is 1. The van der Waals surface area contributed by atoms with Gasteiger partial charge in [-0.2, -0.15) is 5.10 Å². The van der Waals surface area contributed by atoms with Gasteiger partial charge in [-0.25, -0.2) is 4.98 Å². The molecule has 0 amide bonds. The SMILES string of the molecule is CC(Nc1ccc(-c2cnc[nH]2)cc1)c1cnn(C)c1. The molecule has 0 aliphatic carbocycles. The van der Waals surface area contributed by atoms with Gasteiger partial charge in [-0.15, -0.1) is 0 Å². The molecular weight excluding hydrogens is 250 g/mol. The van der Waals surface area contributed by atoms with Gasteiger partial charge in [0.1, 0.15) is 0 Å². The van der Waals surface area contributed by atoms with Gasteiger partial charge in [0.25, 0.3) is 0 Å². The summed E-state index contributed by atoms with van der Waals surface area (Å²) >= 11 is 0. The normalized spacial score (nSPS) is 12.3. The smallest absolute Gasteiger partial charge is 0.0924 e. The van der Waals surface area contributed by atoms with Crippen LogP contribution in [0.5, 0.6) is 0 Å². The lowest BCUT2D eigenvalue weighted by Gasteiger charge is -2.13. The lowest BCUT2D eigenvalue weighted by Crippen LogP contribution is -2.05. The molecule has 0 fully saturated rings. The number of anilines is 1. The molecule has 2 aromatic heterocycles. The van der Waals surface area contributed by atoms with Crippen LogP contribution in [-0.2, 0) is 7.05 Å². The van der Waals surface area contributed by atoms with Crippen LogP contribution in [0.1, 0.15) is 18.5 Å². The maximum Gasteiger partial charge on any atom is 0.0924 e. The first-order valence-corrected chi connectivity index (χ1v) is 6.56. The number of aromatic nitrogens is 4. The minimum atomic E-state index is 0.224. The van der Waals surface area contributed by atoms with E-state index in [0.717, 1.165) is 16.9 Å². The maximum atomic E-state index is 4.19. The van der Waals surface area contributed by atoms with Crippen LogP contribution in [0.3, 0.4) is 0 Å². The molecule has 102 valence electrons. The molecule has 0 radical (unpaired) electrons. The standard InChI is InChI=1S/C15H17N5/c1-11(13-7-18-20(2)9-13)19-14-5-3-12(4-6-14)15-8-16-10-17-15/h3-11,19H,1-2H3,(H,16,17). The van der Waals surface area contributed by atoms with Crippen LogP contribution in [0.15, 0.2) is 49.2 Å². The summed E-state index contributed by atoms with van der Waals surface area (Å²) in [5.41, 5.74) is 4.41. The van der Waals surface area contributed by atoms with Crippen molar-refractivity contribution in [3.8, 4) is 11.3 Å². The topological polar surface area (TPSA) is 58.5 Å². The number of nitrogens with zero attached hydrogens (tertiary/aromatic N) is 3. The first-order valence-electron chi connectivity index (χ1n) is 6.56. The third kappa shape index (κ3) is 2.56. The molecular formula is C15H17N5. The van der Waals surface area contributed by atoms with Crippen molar-refractivity contribution in [1.82, 2.24) is 19.7 Å². The van der Waals surface area contributed by atoms with Crippen molar-refractivity contribution >= 4 is 5.69 Å². The Morgan fingerprint density at radius 3 is 2.60 bits per heavy atom.